The Bertz CT molecular complexity index is 528. The summed E-state index contributed by atoms with van der Waals surface area (Å²) >= 11 is 0. The number of phenols is 1. The molecule has 0 amide bonds. The van der Waals surface area contributed by atoms with Crippen molar-refractivity contribution in [3.8, 4) is 5.75 Å². The fourth-order valence-corrected chi connectivity index (χ4v) is 2.49. The van der Waals surface area contributed by atoms with E-state index in [0.29, 0.717) is 5.75 Å². The van der Waals surface area contributed by atoms with Crippen molar-refractivity contribution in [1.29, 1.82) is 0 Å². The van der Waals surface area contributed by atoms with E-state index in [0.717, 1.165) is 22.8 Å². The van der Waals surface area contributed by atoms with Gasteiger partial charge >= 0.3 is 0 Å². The lowest BCUT2D eigenvalue weighted by atomic mass is 9.96. The van der Waals surface area contributed by atoms with Crippen molar-refractivity contribution in [1.82, 2.24) is 0 Å². The molecule has 0 spiro atoms. The minimum Gasteiger partial charge on any atom is -0.507 e. The van der Waals surface area contributed by atoms with Crippen LogP contribution in [0.1, 0.15) is 43.7 Å². The van der Waals surface area contributed by atoms with Gasteiger partial charge in [-0.05, 0) is 36.3 Å². The quantitative estimate of drug-likeness (QED) is 0.733. The molecule has 0 aliphatic carbocycles. The summed E-state index contributed by atoms with van der Waals surface area (Å²) in [5.41, 5.74) is 2.34. The number of unbranched alkanes of at least 4 members (excludes halogenated alkanes) is 3. The first-order valence-electron chi connectivity index (χ1n) is 6.94. The Balaban J connectivity index is 2.25. The molecule has 0 aliphatic rings. The number of hydrogen-bond donors (Lipinski definition) is 1. The van der Waals surface area contributed by atoms with E-state index in [1.54, 1.807) is 0 Å². The second-order valence-electron chi connectivity index (χ2n) is 5.04. The van der Waals surface area contributed by atoms with Crippen molar-refractivity contribution >= 4 is 10.8 Å². The monoisotopic (exact) mass is 242 g/mol. The molecule has 0 radical (unpaired) electrons. The van der Waals surface area contributed by atoms with Gasteiger partial charge in [-0.3, -0.25) is 0 Å². The van der Waals surface area contributed by atoms with Crippen LogP contribution in [0.4, 0.5) is 0 Å². The van der Waals surface area contributed by atoms with Gasteiger partial charge in [-0.15, -0.1) is 0 Å². The molecule has 0 saturated carbocycles. The van der Waals surface area contributed by atoms with Gasteiger partial charge in [0.15, 0.2) is 0 Å². The van der Waals surface area contributed by atoms with E-state index in [1.807, 2.05) is 25.1 Å². The normalized spacial score (nSPS) is 11.0. The highest BCUT2D eigenvalue weighted by Crippen LogP contribution is 2.31. The molecule has 0 atom stereocenters. The van der Waals surface area contributed by atoms with Crippen molar-refractivity contribution in [3.05, 3.63) is 41.5 Å². The molecular weight excluding hydrogens is 220 g/mol. The van der Waals surface area contributed by atoms with Gasteiger partial charge in [-0.2, -0.15) is 0 Å². The van der Waals surface area contributed by atoms with Gasteiger partial charge in [0.2, 0.25) is 0 Å². The zero-order valence-electron chi connectivity index (χ0n) is 11.4. The minimum absolute atomic E-state index is 0.457. The summed E-state index contributed by atoms with van der Waals surface area (Å²) in [6.45, 7) is 4.25. The summed E-state index contributed by atoms with van der Waals surface area (Å²) in [7, 11) is 0. The number of phenolic OH excluding ortho intramolecular Hbond substituents is 1. The van der Waals surface area contributed by atoms with E-state index >= 15 is 0 Å². The highest BCUT2D eigenvalue weighted by atomic mass is 16.3. The molecule has 0 fully saturated rings. The maximum atomic E-state index is 10.2. The number of aromatic hydroxyl groups is 1. The third-order valence-electron chi connectivity index (χ3n) is 3.68. The summed E-state index contributed by atoms with van der Waals surface area (Å²) in [6, 6.07) is 10.3. The van der Waals surface area contributed by atoms with Crippen molar-refractivity contribution in [2.45, 2.75) is 46.0 Å². The van der Waals surface area contributed by atoms with Gasteiger partial charge in [0.1, 0.15) is 5.75 Å². The van der Waals surface area contributed by atoms with Crippen molar-refractivity contribution in [3.63, 3.8) is 0 Å². The third-order valence-corrected chi connectivity index (χ3v) is 3.68. The number of aryl methyl sites for hydroxylation is 1. The van der Waals surface area contributed by atoms with Gasteiger partial charge < -0.3 is 5.11 Å². The Kier molecular flexibility index (Phi) is 4.24. The molecule has 1 nitrogen and oxygen atoms in total. The maximum absolute atomic E-state index is 10.2. The summed E-state index contributed by atoms with van der Waals surface area (Å²) in [4.78, 5) is 0. The molecule has 2 aromatic rings. The Morgan fingerprint density at radius 2 is 1.83 bits per heavy atom. The number of hydrogen-bond acceptors (Lipinski definition) is 1. The Morgan fingerprint density at radius 1 is 1.06 bits per heavy atom. The molecule has 2 rings (SSSR count). The fraction of sp³-hybridized carbons (Fsp3) is 0.412. The highest BCUT2D eigenvalue weighted by molar-refractivity contribution is 5.90. The zero-order chi connectivity index (χ0) is 13.0. The Morgan fingerprint density at radius 3 is 2.61 bits per heavy atom. The summed E-state index contributed by atoms with van der Waals surface area (Å²) in [6.07, 6.45) is 6.14. The van der Waals surface area contributed by atoms with Crippen LogP contribution in [-0.4, -0.2) is 5.11 Å². The van der Waals surface area contributed by atoms with Crippen LogP contribution in [-0.2, 0) is 6.42 Å². The van der Waals surface area contributed by atoms with E-state index in [2.05, 4.69) is 19.1 Å². The molecule has 0 aromatic heterocycles. The standard InChI is InChI=1S/C17H22O/c1-3-4-5-6-9-14-12-15-10-7-8-11-16(15)17(18)13(14)2/h7-8,10-12,18H,3-6,9H2,1-2H3. The molecule has 0 heterocycles. The van der Waals surface area contributed by atoms with Crippen LogP contribution in [0, 0.1) is 6.92 Å². The van der Waals surface area contributed by atoms with Crippen LogP contribution in [0.5, 0.6) is 5.75 Å². The van der Waals surface area contributed by atoms with Gasteiger partial charge in [0, 0.05) is 5.39 Å². The lowest BCUT2D eigenvalue weighted by molar-refractivity contribution is 0.476. The number of rotatable bonds is 5. The SMILES string of the molecule is CCCCCCc1cc2ccccc2c(O)c1C. The first-order valence-corrected chi connectivity index (χ1v) is 6.94. The summed E-state index contributed by atoms with van der Waals surface area (Å²) in [5.74, 6) is 0.457. The topological polar surface area (TPSA) is 20.2 Å². The smallest absolute Gasteiger partial charge is 0.126 e. The van der Waals surface area contributed by atoms with Crippen LogP contribution in [0.3, 0.4) is 0 Å². The maximum Gasteiger partial charge on any atom is 0.126 e. The van der Waals surface area contributed by atoms with Crippen LogP contribution in [0.15, 0.2) is 30.3 Å². The molecule has 0 saturated heterocycles. The van der Waals surface area contributed by atoms with Crippen LogP contribution in [0.25, 0.3) is 10.8 Å². The van der Waals surface area contributed by atoms with Gasteiger partial charge in [0.25, 0.3) is 0 Å². The number of benzene rings is 2. The molecule has 0 bridgehead atoms. The minimum atomic E-state index is 0.457. The van der Waals surface area contributed by atoms with E-state index in [-0.39, 0.29) is 0 Å². The van der Waals surface area contributed by atoms with Crippen LogP contribution < -0.4 is 0 Å². The van der Waals surface area contributed by atoms with Crippen molar-refractivity contribution < 1.29 is 5.11 Å². The third kappa shape index (κ3) is 2.66. The highest BCUT2D eigenvalue weighted by Gasteiger charge is 2.08. The predicted molar refractivity (Wildman–Crippen MR) is 78.2 cm³/mol. The van der Waals surface area contributed by atoms with Gasteiger partial charge in [0.05, 0.1) is 0 Å². The Labute approximate surface area is 109 Å². The average Bonchev–Trinajstić information content (AvgIpc) is 2.40. The molecule has 1 N–H and O–H groups in total. The van der Waals surface area contributed by atoms with E-state index < -0.39 is 0 Å². The first-order chi connectivity index (χ1) is 8.74. The molecule has 2 aromatic carbocycles. The van der Waals surface area contributed by atoms with E-state index in [1.165, 1.54) is 31.2 Å². The first kappa shape index (κ1) is 12.9. The molecular formula is C17H22O. The van der Waals surface area contributed by atoms with Gasteiger partial charge in [-0.1, -0.05) is 56.5 Å². The molecule has 0 unspecified atom stereocenters. The largest absolute Gasteiger partial charge is 0.507 e. The predicted octanol–water partition coefficient (Wildman–Crippen LogP) is 4.98. The second kappa shape index (κ2) is 5.90. The lowest BCUT2D eigenvalue weighted by Gasteiger charge is -2.11. The fourth-order valence-electron chi connectivity index (χ4n) is 2.49. The second-order valence-corrected chi connectivity index (χ2v) is 5.04. The molecule has 0 aliphatic heterocycles. The number of fused-ring (bicyclic) bond motifs is 1. The van der Waals surface area contributed by atoms with Crippen LogP contribution >= 0.6 is 0 Å². The average molecular weight is 242 g/mol. The molecule has 1 heteroatoms. The summed E-state index contributed by atoms with van der Waals surface area (Å²) in [5, 5.41) is 12.4. The lowest BCUT2D eigenvalue weighted by Crippen LogP contribution is -1.92. The Hall–Kier alpha value is -1.50. The zero-order valence-corrected chi connectivity index (χ0v) is 11.4. The van der Waals surface area contributed by atoms with Gasteiger partial charge in [-0.25, -0.2) is 0 Å². The molecule has 96 valence electrons. The van der Waals surface area contributed by atoms with Crippen molar-refractivity contribution in [2.75, 3.05) is 0 Å². The van der Waals surface area contributed by atoms with E-state index in [9.17, 15) is 5.11 Å². The van der Waals surface area contributed by atoms with Crippen LogP contribution in [0.2, 0.25) is 0 Å². The van der Waals surface area contributed by atoms with Crippen molar-refractivity contribution in [2.24, 2.45) is 0 Å². The summed E-state index contributed by atoms with van der Waals surface area (Å²) < 4.78 is 0. The molecule has 18 heavy (non-hydrogen) atoms. The van der Waals surface area contributed by atoms with E-state index in [4.69, 9.17) is 0 Å².